The maximum absolute atomic E-state index is 6.01. The number of anilines is 3. The van der Waals surface area contributed by atoms with Gasteiger partial charge >= 0.3 is 0 Å². The first-order valence-corrected chi connectivity index (χ1v) is 35.5. The molecule has 9 rings (SSSR count). The number of rotatable bonds is 19. The molecule has 0 aromatic heterocycles. The van der Waals surface area contributed by atoms with Crippen molar-refractivity contribution in [1.82, 2.24) is 0 Å². The number of nitrogens with zero attached hydrogens (tertiary/aromatic N) is 3. The van der Waals surface area contributed by atoms with Gasteiger partial charge in [-0.05, 0) is 111 Å². The van der Waals surface area contributed by atoms with Crippen molar-refractivity contribution in [2.45, 2.75) is 83.5 Å². The number of benzene rings is 5. The standard InChI is InChI=1S/C79H109N3O12/c1-3-5-7-9-31-79(32-10-8-6-4-2)76-64-69(13-11-66-16-24-72(25-17-66)80-33-39-83-45-51-89-57-58-90-52-46-84-40-34-80)22-30-75(76)78-71(23-15-68-20-28-74(29-21-68)82-37-43-87-49-55-93-61-62-94-56-50-88-44-38-82)63-70(65-77(78)79)14-12-67-18-26-73(27-19-67)81-35-41-85-47-53-91-59-60-92-54-48-86-42-36-81/h11-30,63-65H,3-10,31-62H2,1-2H3/b13-11+,14-12+,23-15+. The number of fused-ring (bicyclic) bond motifs is 3. The molecular formula is C79H109N3O12. The zero-order valence-electron chi connectivity index (χ0n) is 56.8. The van der Waals surface area contributed by atoms with Gasteiger partial charge in [0.05, 0.1) is 159 Å². The van der Waals surface area contributed by atoms with Crippen LogP contribution in [0.1, 0.15) is 123 Å². The average Bonchev–Trinajstić information content (AvgIpc) is 1.56. The Hall–Kier alpha value is -5.76. The Kier molecular flexibility index (Phi) is 33.0. The van der Waals surface area contributed by atoms with E-state index in [9.17, 15) is 0 Å². The molecule has 512 valence electrons. The van der Waals surface area contributed by atoms with Gasteiger partial charge < -0.3 is 71.5 Å². The van der Waals surface area contributed by atoms with E-state index in [-0.39, 0.29) is 5.41 Å². The minimum absolute atomic E-state index is 0.166. The van der Waals surface area contributed by atoms with Gasteiger partial charge in [0.15, 0.2) is 0 Å². The molecule has 0 radical (unpaired) electrons. The highest BCUT2D eigenvalue weighted by Crippen LogP contribution is 2.56. The average molecular weight is 1290 g/mol. The second kappa shape index (κ2) is 42.7. The predicted octanol–water partition coefficient (Wildman–Crippen LogP) is 14.1. The summed E-state index contributed by atoms with van der Waals surface area (Å²) in [5, 5.41) is 0. The smallest absolute Gasteiger partial charge is 0.0701 e. The third-order valence-electron chi connectivity index (χ3n) is 18.0. The zero-order valence-corrected chi connectivity index (χ0v) is 56.8. The van der Waals surface area contributed by atoms with Crippen LogP contribution in [-0.2, 0) is 62.3 Å². The van der Waals surface area contributed by atoms with Crippen molar-refractivity contribution >= 4 is 53.5 Å². The summed E-state index contributed by atoms with van der Waals surface area (Å²) in [6.45, 7) is 23.0. The Balaban J connectivity index is 1.04. The largest absolute Gasteiger partial charge is 0.377 e. The van der Waals surface area contributed by atoms with Crippen molar-refractivity contribution in [1.29, 1.82) is 0 Å². The minimum atomic E-state index is -0.166. The van der Waals surface area contributed by atoms with Gasteiger partial charge in [0.25, 0.3) is 0 Å². The van der Waals surface area contributed by atoms with E-state index < -0.39 is 0 Å². The van der Waals surface area contributed by atoms with E-state index in [1.165, 1.54) is 90.3 Å². The molecule has 94 heavy (non-hydrogen) atoms. The molecule has 0 saturated carbocycles. The van der Waals surface area contributed by atoms with E-state index in [0.717, 1.165) is 85.9 Å². The molecule has 15 heteroatoms. The van der Waals surface area contributed by atoms with Gasteiger partial charge in [0, 0.05) is 61.7 Å². The SMILES string of the molecule is CCCCCCC1(CCCCCC)c2cc(/C=C/c3ccc(N4CCOCCOCCOCCOCC4)cc3)ccc2-c2c(/C=C/c3ccc(N4CCOCCOCCOCCOCC4)cc3)cc(/C=C/c3ccc(N4CCOCCOCCOCCOCC4)cc3)cc21. The van der Waals surface area contributed by atoms with Gasteiger partial charge in [-0.25, -0.2) is 0 Å². The Morgan fingerprint density at radius 1 is 0.287 bits per heavy atom. The summed E-state index contributed by atoms with van der Waals surface area (Å²) in [5.74, 6) is 0. The molecule has 0 bridgehead atoms. The van der Waals surface area contributed by atoms with Gasteiger partial charge in [-0.15, -0.1) is 0 Å². The fourth-order valence-corrected chi connectivity index (χ4v) is 12.8. The Bertz CT molecular complexity index is 2910. The van der Waals surface area contributed by atoms with E-state index in [0.29, 0.717) is 159 Å². The number of ether oxygens (including phenoxy) is 12. The van der Waals surface area contributed by atoms with Gasteiger partial charge in [-0.2, -0.15) is 0 Å². The molecular weight excluding hydrogens is 1180 g/mol. The topological polar surface area (TPSA) is 120 Å². The Morgan fingerprint density at radius 2 is 0.574 bits per heavy atom. The van der Waals surface area contributed by atoms with Crippen LogP contribution in [0.2, 0.25) is 0 Å². The lowest BCUT2D eigenvalue weighted by atomic mass is 9.70. The third kappa shape index (κ3) is 24.1. The molecule has 3 heterocycles. The summed E-state index contributed by atoms with van der Waals surface area (Å²) >= 11 is 0. The van der Waals surface area contributed by atoms with E-state index in [4.69, 9.17) is 56.8 Å². The Morgan fingerprint density at radius 3 is 0.915 bits per heavy atom. The van der Waals surface area contributed by atoms with E-state index in [1.54, 1.807) is 0 Å². The number of hydrogen-bond donors (Lipinski definition) is 0. The first-order chi connectivity index (χ1) is 46.6. The van der Waals surface area contributed by atoms with E-state index >= 15 is 0 Å². The predicted molar refractivity (Wildman–Crippen MR) is 383 cm³/mol. The molecule has 15 nitrogen and oxygen atoms in total. The lowest BCUT2D eigenvalue weighted by Gasteiger charge is -2.33. The van der Waals surface area contributed by atoms with Crippen molar-refractivity contribution < 1.29 is 56.8 Å². The Labute approximate surface area is 562 Å². The molecule has 4 aliphatic rings. The second-order valence-electron chi connectivity index (χ2n) is 24.6. The van der Waals surface area contributed by atoms with Crippen LogP contribution in [0.3, 0.4) is 0 Å². The van der Waals surface area contributed by atoms with Crippen molar-refractivity contribution in [3.8, 4) is 11.1 Å². The first kappa shape index (κ1) is 72.5. The minimum Gasteiger partial charge on any atom is -0.377 e. The third-order valence-corrected chi connectivity index (χ3v) is 18.0. The summed E-state index contributed by atoms with van der Waals surface area (Å²) in [6, 6.07) is 39.1. The van der Waals surface area contributed by atoms with E-state index in [1.807, 2.05) is 0 Å². The monoisotopic (exact) mass is 1290 g/mol. The van der Waals surface area contributed by atoms with Crippen LogP contribution in [0.5, 0.6) is 0 Å². The second-order valence-corrected chi connectivity index (χ2v) is 24.6. The highest BCUT2D eigenvalue weighted by atomic mass is 16.6. The fourth-order valence-electron chi connectivity index (χ4n) is 12.8. The van der Waals surface area contributed by atoms with Crippen LogP contribution in [0.25, 0.3) is 47.6 Å². The fraction of sp³-hybridized carbons (Fsp3) is 0.544. The van der Waals surface area contributed by atoms with Gasteiger partial charge in [0.2, 0.25) is 0 Å². The summed E-state index contributed by atoms with van der Waals surface area (Å²) in [5.41, 5.74) is 16.0. The van der Waals surface area contributed by atoms with Crippen LogP contribution >= 0.6 is 0 Å². The normalized spacial score (nSPS) is 19.2. The summed E-state index contributed by atoms with van der Waals surface area (Å²) in [6.07, 6.45) is 25.8. The van der Waals surface area contributed by atoms with Crippen LogP contribution in [0.4, 0.5) is 17.1 Å². The molecule has 3 fully saturated rings. The van der Waals surface area contributed by atoms with Crippen molar-refractivity contribution in [2.75, 3.05) is 213 Å². The van der Waals surface area contributed by atoms with Crippen LogP contribution < -0.4 is 14.7 Å². The highest BCUT2D eigenvalue weighted by Gasteiger charge is 2.43. The highest BCUT2D eigenvalue weighted by molar-refractivity contribution is 5.92. The molecule has 1 aliphatic carbocycles. The van der Waals surface area contributed by atoms with Crippen molar-refractivity contribution in [3.63, 3.8) is 0 Å². The number of unbranched alkanes of at least 4 members (excludes halogenated alkanes) is 6. The van der Waals surface area contributed by atoms with Crippen LogP contribution in [0.15, 0.2) is 103 Å². The summed E-state index contributed by atoms with van der Waals surface area (Å²) < 4.78 is 70.0. The molecule has 0 N–H and O–H groups in total. The molecule has 0 amide bonds. The number of hydrogen-bond acceptors (Lipinski definition) is 15. The van der Waals surface area contributed by atoms with E-state index in [2.05, 4.69) is 168 Å². The van der Waals surface area contributed by atoms with Gasteiger partial charge in [0.1, 0.15) is 0 Å². The molecule has 3 saturated heterocycles. The zero-order chi connectivity index (χ0) is 64.8. The van der Waals surface area contributed by atoms with Crippen molar-refractivity contribution in [3.05, 3.63) is 148 Å². The quantitative estimate of drug-likeness (QED) is 0.0576. The lowest BCUT2D eigenvalue weighted by Crippen LogP contribution is -2.31. The first-order valence-electron chi connectivity index (χ1n) is 35.5. The van der Waals surface area contributed by atoms with Crippen LogP contribution in [0, 0.1) is 0 Å². The molecule has 0 spiro atoms. The molecule has 3 aliphatic heterocycles. The van der Waals surface area contributed by atoms with Gasteiger partial charge in [-0.3, -0.25) is 0 Å². The van der Waals surface area contributed by atoms with Crippen LogP contribution in [-0.4, -0.2) is 198 Å². The van der Waals surface area contributed by atoms with Gasteiger partial charge in [-0.1, -0.05) is 162 Å². The molecule has 5 aromatic carbocycles. The summed E-state index contributed by atoms with van der Waals surface area (Å²) in [7, 11) is 0. The van der Waals surface area contributed by atoms with Crippen molar-refractivity contribution in [2.24, 2.45) is 0 Å². The molecule has 5 aromatic rings. The summed E-state index contributed by atoms with van der Waals surface area (Å²) in [4.78, 5) is 7.05. The maximum atomic E-state index is 6.01. The maximum Gasteiger partial charge on any atom is 0.0701 e. The molecule has 0 atom stereocenters. The lowest BCUT2D eigenvalue weighted by molar-refractivity contribution is 0.00206. The molecule has 0 unspecified atom stereocenters.